The number of ether oxygens (including phenoxy) is 1. The molecule has 9 heteroatoms. The van der Waals surface area contributed by atoms with Crippen molar-refractivity contribution in [1.29, 1.82) is 0 Å². The van der Waals surface area contributed by atoms with Gasteiger partial charge in [0.05, 0.1) is 6.04 Å². The minimum absolute atomic E-state index is 0.00288. The van der Waals surface area contributed by atoms with Crippen LogP contribution in [0.3, 0.4) is 0 Å². The molecule has 2 saturated heterocycles. The topological polar surface area (TPSA) is 70.2 Å². The maximum atomic E-state index is 13.6. The lowest BCUT2D eigenvalue weighted by atomic mass is 9.93. The predicted octanol–water partition coefficient (Wildman–Crippen LogP) is 3.65. The van der Waals surface area contributed by atoms with Gasteiger partial charge >= 0.3 is 6.09 Å². The van der Waals surface area contributed by atoms with E-state index in [4.69, 9.17) is 4.74 Å². The lowest BCUT2D eigenvalue weighted by Crippen LogP contribution is -2.45. The molecule has 2 aliphatic heterocycles. The van der Waals surface area contributed by atoms with Crippen LogP contribution in [0.5, 0.6) is 5.75 Å². The van der Waals surface area contributed by atoms with E-state index < -0.39 is 18.0 Å². The van der Waals surface area contributed by atoms with Gasteiger partial charge in [0.2, 0.25) is 11.8 Å². The fourth-order valence-corrected chi connectivity index (χ4v) is 4.91. The van der Waals surface area contributed by atoms with Crippen molar-refractivity contribution in [3.05, 3.63) is 65.7 Å². The van der Waals surface area contributed by atoms with Crippen LogP contribution in [0.1, 0.15) is 31.2 Å². The van der Waals surface area contributed by atoms with E-state index in [1.54, 1.807) is 29.0 Å². The van der Waals surface area contributed by atoms with E-state index in [1.807, 2.05) is 0 Å². The second kappa shape index (κ2) is 10.4. The van der Waals surface area contributed by atoms with Gasteiger partial charge in [-0.1, -0.05) is 12.1 Å². The zero-order valence-corrected chi connectivity index (χ0v) is 19.8. The van der Waals surface area contributed by atoms with E-state index in [0.717, 1.165) is 5.56 Å². The van der Waals surface area contributed by atoms with E-state index in [2.05, 4.69) is 0 Å². The number of amides is 3. The quantitative estimate of drug-likeness (QED) is 0.663. The fourth-order valence-electron chi connectivity index (χ4n) is 4.91. The second-order valence-corrected chi connectivity index (χ2v) is 9.18. The zero-order chi connectivity index (χ0) is 25.1. The highest BCUT2D eigenvalue weighted by atomic mass is 19.1. The minimum atomic E-state index is -0.627. The number of hydrogen-bond donors (Lipinski definition) is 0. The maximum Gasteiger partial charge on any atom is 0.415 e. The average Bonchev–Trinajstić information content (AvgIpc) is 3.30. The summed E-state index contributed by atoms with van der Waals surface area (Å²) in [5.74, 6) is -0.994. The number of carbonyl (C=O) groups is 3. The van der Waals surface area contributed by atoms with Crippen molar-refractivity contribution in [3.63, 3.8) is 0 Å². The van der Waals surface area contributed by atoms with Crippen LogP contribution in [0.25, 0.3) is 0 Å². The molecule has 0 radical (unpaired) electrons. The summed E-state index contributed by atoms with van der Waals surface area (Å²) in [5.41, 5.74) is 0.819. The molecular formula is C26H29F2N3O4. The van der Waals surface area contributed by atoms with Gasteiger partial charge in [-0.2, -0.15) is 0 Å². The fraction of sp³-hybridized carbons (Fsp3) is 0.423. The molecule has 2 aromatic rings. The standard InChI is InChI=1S/C26H29F2N3O4/c1-17(32)30-13-11-19(12-14-30)25(33)31-15-23(18-3-5-20(27)6-4-18)24(16-31)29(2)26(34)35-22-9-7-21(28)8-10-22/h3-10,19,23-24H,11-16H2,1-2H3. The summed E-state index contributed by atoms with van der Waals surface area (Å²) < 4.78 is 32.2. The van der Waals surface area contributed by atoms with Crippen LogP contribution < -0.4 is 4.74 Å². The molecule has 0 N–H and O–H groups in total. The Hall–Kier alpha value is -3.49. The molecule has 0 spiro atoms. The van der Waals surface area contributed by atoms with E-state index in [0.29, 0.717) is 39.0 Å². The number of hydrogen-bond acceptors (Lipinski definition) is 4. The Morgan fingerprint density at radius 2 is 1.46 bits per heavy atom. The van der Waals surface area contributed by atoms with Crippen LogP contribution in [0.2, 0.25) is 0 Å². The third-order valence-corrected chi connectivity index (χ3v) is 6.99. The molecule has 2 aliphatic rings. The van der Waals surface area contributed by atoms with Crippen LogP contribution in [0, 0.1) is 17.6 Å². The highest BCUT2D eigenvalue weighted by molar-refractivity contribution is 5.80. The van der Waals surface area contributed by atoms with Crippen LogP contribution in [-0.4, -0.2) is 71.9 Å². The normalized spacial score (nSPS) is 20.6. The van der Waals surface area contributed by atoms with Gasteiger partial charge in [-0.15, -0.1) is 0 Å². The highest BCUT2D eigenvalue weighted by Crippen LogP contribution is 2.33. The van der Waals surface area contributed by atoms with Crippen molar-refractivity contribution in [1.82, 2.24) is 14.7 Å². The number of nitrogens with zero attached hydrogens (tertiary/aromatic N) is 3. The number of rotatable bonds is 4. The molecular weight excluding hydrogens is 456 g/mol. The molecule has 0 bridgehead atoms. The second-order valence-electron chi connectivity index (χ2n) is 9.18. The first-order valence-corrected chi connectivity index (χ1v) is 11.7. The molecule has 2 aromatic carbocycles. The summed E-state index contributed by atoms with van der Waals surface area (Å²) in [6.45, 7) is 3.32. The SMILES string of the molecule is CC(=O)N1CCC(C(=O)N2CC(c3ccc(F)cc3)C(N(C)C(=O)Oc3ccc(F)cc3)C2)CC1. The molecule has 35 heavy (non-hydrogen) atoms. The third-order valence-electron chi connectivity index (χ3n) is 6.99. The molecule has 4 rings (SSSR count). The number of benzene rings is 2. The number of carbonyl (C=O) groups excluding carboxylic acids is 3. The van der Waals surface area contributed by atoms with Crippen molar-refractivity contribution in [2.45, 2.75) is 31.7 Å². The van der Waals surface area contributed by atoms with Crippen molar-refractivity contribution >= 4 is 17.9 Å². The Labute approximate surface area is 203 Å². The Morgan fingerprint density at radius 1 is 0.886 bits per heavy atom. The van der Waals surface area contributed by atoms with Crippen LogP contribution >= 0.6 is 0 Å². The summed E-state index contributed by atoms with van der Waals surface area (Å²) >= 11 is 0. The maximum absolute atomic E-state index is 13.6. The van der Waals surface area contributed by atoms with Crippen molar-refractivity contribution < 1.29 is 27.9 Å². The van der Waals surface area contributed by atoms with Crippen LogP contribution in [0.15, 0.2) is 48.5 Å². The van der Waals surface area contributed by atoms with Gasteiger partial charge in [0.1, 0.15) is 17.4 Å². The predicted molar refractivity (Wildman–Crippen MR) is 125 cm³/mol. The Kier molecular flexibility index (Phi) is 7.33. The Bertz CT molecular complexity index is 1070. The first kappa shape index (κ1) is 24.6. The van der Waals surface area contributed by atoms with Crippen LogP contribution in [-0.2, 0) is 9.59 Å². The molecule has 2 heterocycles. The molecule has 0 aromatic heterocycles. The smallest absolute Gasteiger partial charge is 0.410 e. The zero-order valence-electron chi connectivity index (χ0n) is 19.8. The van der Waals surface area contributed by atoms with Gasteiger partial charge in [0.25, 0.3) is 0 Å². The number of piperidine rings is 1. The largest absolute Gasteiger partial charge is 0.415 e. The van der Waals surface area contributed by atoms with Crippen molar-refractivity contribution in [2.24, 2.45) is 5.92 Å². The monoisotopic (exact) mass is 485 g/mol. The summed E-state index contributed by atoms with van der Waals surface area (Å²) in [4.78, 5) is 42.8. The van der Waals surface area contributed by atoms with Gasteiger partial charge in [-0.3, -0.25) is 9.59 Å². The lowest BCUT2D eigenvalue weighted by Gasteiger charge is -2.32. The first-order chi connectivity index (χ1) is 16.7. The van der Waals surface area contributed by atoms with Gasteiger partial charge in [-0.25, -0.2) is 13.6 Å². The molecule has 0 aliphatic carbocycles. The van der Waals surface area contributed by atoms with Gasteiger partial charge in [0, 0.05) is 52.0 Å². The number of halogens is 2. The van der Waals surface area contributed by atoms with E-state index in [9.17, 15) is 23.2 Å². The lowest BCUT2D eigenvalue weighted by molar-refractivity contribution is -0.139. The molecule has 2 atom stereocenters. The van der Waals surface area contributed by atoms with Gasteiger partial charge in [0.15, 0.2) is 0 Å². The summed E-state index contributed by atoms with van der Waals surface area (Å²) in [5, 5.41) is 0. The summed E-state index contributed by atoms with van der Waals surface area (Å²) in [7, 11) is 1.60. The van der Waals surface area contributed by atoms with Gasteiger partial charge < -0.3 is 19.4 Å². The van der Waals surface area contributed by atoms with E-state index in [-0.39, 0.29) is 35.2 Å². The van der Waals surface area contributed by atoms with E-state index >= 15 is 0 Å². The van der Waals surface area contributed by atoms with Crippen molar-refractivity contribution in [3.8, 4) is 5.75 Å². The molecule has 2 unspecified atom stereocenters. The van der Waals surface area contributed by atoms with Gasteiger partial charge in [-0.05, 0) is 54.8 Å². The minimum Gasteiger partial charge on any atom is -0.410 e. The molecule has 3 amide bonds. The number of likely N-dealkylation sites (N-methyl/N-ethyl adjacent to an activating group) is 1. The van der Waals surface area contributed by atoms with E-state index in [1.165, 1.54) is 48.2 Å². The molecule has 7 nitrogen and oxygen atoms in total. The number of likely N-dealkylation sites (tertiary alicyclic amines) is 2. The average molecular weight is 486 g/mol. The summed E-state index contributed by atoms with van der Waals surface area (Å²) in [6, 6.07) is 10.8. The first-order valence-electron chi connectivity index (χ1n) is 11.7. The van der Waals surface area contributed by atoms with Crippen LogP contribution in [0.4, 0.5) is 13.6 Å². The third kappa shape index (κ3) is 5.61. The Morgan fingerprint density at radius 3 is 2.03 bits per heavy atom. The molecule has 186 valence electrons. The molecule has 0 saturated carbocycles. The Balaban J connectivity index is 1.50. The van der Waals surface area contributed by atoms with Crippen molar-refractivity contribution in [2.75, 3.05) is 33.2 Å². The summed E-state index contributed by atoms with van der Waals surface area (Å²) in [6.07, 6.45) is 0.574. The highest BCUT2D eigenvalue weighted by Gasteiger charge is 2.42. The molecule has 2 fully saturated rings.